The van der Waals surface area contributed by atoms with Crippen LogP contribution in [0.1, 0.15) is 20.3 Å². The molecular weight excluding hydrogens is 431 g/mol. The summed E-state index contributed by atoms with van der Waals surface area (Å²) in [7, 11) is 1.54. The first-order chi connectivity index (χ1) is 10.6. The summed E-state index contributed by atoms with van der Waals surface area (Å²) in [4.78, 5) is 16.3. The predicted octanol–water partition coefficient (Wildman–Crippen LogP) is 2.87. The summed E-state index contributed by atoms with van der Waals surface area (Å²) in [5.41, 5.74) is 0.558. The van der Waals surface area contributed by atoms with Gasteiger partial charge in [-0.25, -0.2) is 0 Å². The number of guanidine groups is 1. The van der Waals surface area contributed by atoms with Crippen molar-refractivity contribution >= 4 is 53.1 Å². The van der Waals surface area contributed by atoms with E-state index in [9.17, 15) is 4.79 Å². The van der Waals surface area contributed by atoms with Crippen LogP contribution in [0.3, 0.4) is 0 Å². The van der Waals surface area contributed by atoms with E-state index >= 15 is 0 Å². The zero-order valence-corrected chi connectivity index (χ0v) is 16.7. The summed E-state index contributed by atoms with van der Waals surface area (Å²) >= 11 is 5.93. The molecule has 0 aliphatic carbocycles. The number of hydrogen-bond donors (Lipinski definition) is 3. The molecule has 0 bridgehead atoms. The van der Waals surface area contributed by atoms with Gasteiger partial charge in [-0.1, -0.05) is 11.6 Å². The third-order valence-corrected chi connectivity index (χ3v) is 2.97. The fourth-order valence-corrected chi connectivity index (χ4v) is 1.94. The van der Waals surface area contributed by atoms with Crippen LogP contribution in [0.2, 0.25) is 5.02 Å². The van der Waals surface area contributed by atoms with Gasteiger partial charge in [-0.05, 0) is 32.0 Å². The van der Waals surface area contributed by atoms with Crippen LogP contribution in [-0.4, -0.2) is 38.6 Å². The van der Waals surface area contributed by atoms with Crippen LogP contribution < -0.4 is 20.7 Å². The maximum absolute atomic E-state index is 12.0. The highest BCUT2D eigenvalue weighted by Gasteiger charge is 2.08. The Balaban J connectivity index is 0.00000484. The zero-order valence-electron chi connectivity index (χ0n) is 13.6. The van der Waals surface area contributed by atoms with Crippen molar-refractivity contribution in [2.75, 3.05) is 32.1 Å². The molecule has 1 aromatic carbocycles. The number of ether oxygens (including phenoxy) is 1. The standard InChI is InChI=1S/C15H23ClN4O2.HI/c1-4-17-15(18-5-2)19-9-8-14(21)20-12-10-11(16)6-7-13(12)22-3;/h6-7,10H,4-5,8-9H2,1-3H3,(H,20,21)(H2,17,18,19);1H. The lowest BCUT2D eigenvalue weighted by Gasteiger charge is -2.11. The lowest BCUT2D eigenvalue weighted by atomic mass is 10.2. The van der Waals surface area contributed by atoms with E-state index in [4.69, 9.17) is 16.3 Å². The highest BCUT2D eigenvalue weighted by atomic mass is 127. The smallest absolute Gasteiger partial charge is 0.226 e. The Morgan fingerprint density at radius 1 is 1.26 bits per heavy atom. The Morgan fingerprint density at radius 3 is 2.48 bits per heavy atom. The van der Waals surface area contributed by atoms with Crippen LogP contribution in [0.15, 0.2) is 23.2 Å². The minimum absolute atomic E-state index is 0. The number of anilines is 1. The Labute approximate surface area is 159 Å². The minimum Gasteiger partial charge on any atom is -0.495 e. The number of methoxy groups -OCH3 is 1. The highest BCUT2D eigenvalue weighted by Crippen LogP contribution is 2.27. The molecular formula is C15H24ClIN4O2. The molecule has 1 rings (SSSR count). The molecule has 3 N–H and O–H groups in total. The summed E-state index contributed by atoms with van der Waals surface area (Å²) in [5.74, 6) is 1.14. The van der Waals surface area contributed by atoms with Crippen LogP contribution >= 0.6 is 35.6 Å². The highest BCUT2D eigenvalue weighted by molar-refractivity contribution is 14.0. The van der Waals surface area contributed by atoms with Crippen molar-refractivity contribution in [3.63, 3.8) is 0 Å². The van der Waals surface area contributed by atoms with E-state index in [0.717, 1.165) is 13.1 Å². The molecule has 1 aromatic rings. The van der Waals surface area contributed by atoms with Crippen LogP contribution in [-0.2, 0) is 4.79 Å². The summed E-state index contributed by atoms with van der Waals surface area (Å²) in [5, 5.41) is 9.52. The van der Waals surface area contributed by atoms with Gasteiger partial charge in [0.15, 0.2) is 5.96 Å². The van der Waals surface area contributed by atoms with Gasteiger partial charge in [0.1, 0.15) is 5.75 Å². The van der Waals surface area contributed by atoms with Gasteiger partial charge in [-0.2, -0.15) is 0 Å². The fraction of sp³-hybridized carbons (Fsp3) is 0.467. The number of hydrogen-bond acceptors (Lipinski definition) is 3. The quantitative estimate of drug-likeness (QED) is 0.336. The lowest BCUT2D eigenvalue weighted by Crippen LogP contribution is -2.37. The van der Waals surface area contributed by atoms with Crippen LogP contribution in [0.4, 0.5) is 5.69 Å². The molecule has 0 radical (unpaired) electrons. The molecule has 0 aliphatic heterocycles. The number of nitrogens with one attached hydrogen (secondary N) is 3. The second-order valence-corrected chi connectivity index (χ2v) is 4.87. The number of halogens is 2. The molecule has 6 nitrogen and oxygen atoms in total. The first kappa shape index (κ1) is 21.8. The largest absolute Gasteiger partial charge is 0.495 e. The molecule has 1 amide bonds. The Bertz CT molecular complexity index is 518. The van der Waals surface area contributed by atoms with Crippen molar-refractivity contribution in [2.24, 2.45) is 4.99 Å². The molecule has 0 saturated carbocycles. The molecule has 0 atom stereocenters. The summed E-state index contributed by atoms with van der Waals surface area (Å²) in [6.45, 7) is 5.93. The molecule has 23 heavy (non-hydrogen) atoms. The number of rotatable bonds is 7. The van der Waals surface area contributed by atoms with Gasteiger partial charge in [-0.15, -0.1) is 24.0 Å². The van der Waals surface area contributed by atoms with Gasteiger partial charge in [-0.3, -0.25) is 9.79 Å². The second kappa shape index (κ2) is 12.2. The first-order valence-corrected chi connectivity index (χ1v) is 7.64. The third kappa shape index (κ3) is 8.26. The van der Waals surface area contributed by atoms with Crippen molar-refractivity contribution in [3.8, 4) is 5.75 Å². The van der Waals surface area contributed by atoms with Crippen LogP contribution in [0, 0.1) is 0 Å². The number of amides is 1. The number of aliphatic imine (C=N–C) groups is 1. The van der Waals surface area contributed by atoms with Gasteiger partial charge in [0.05, 0.1) is 19.3 Å². The summed E-state index contributed by atoms with van der Waals surface area (Å²) in [6, 6.07) is 5.08. The summed E-state index contributed by atoms with van der Waals surface area (Å²) in [6.07, 6.45) is 0.274. The molecule has 0 heterocycles. The van der Waals surface area contributed by atoms with E-state index in [0.29, 0.717) is 29.0 Å². The maximum Gasteiger partial charge on any atom is 0.226 e. The SMILES string of the molecule is CCNC(=NCCC(=O)Nc1cc(Cl)ccc1OC)NCC.I. The van der Waals surface area contributed by atoms with E-state index in [1.54, 1.807) is 25.3 Å². The molecule has 0 unspecified atom stereocenters. The van der Waals surface area contributed by atoms with E-state index in [2.05, 4.69) is 20.9 Å². The molecule has 8 heteroatoms. The lowest BCUT2D eigenvalue weighted by molar-refractivity contribution is -0.116. The maximum atomic E-state index is 12.0. The number of benzene rings is 1. The average Bonchev–Trinajstić information content (AvgIpc) is 2.48. The monoisotopic (exact) mass is 454 g/mol. The minimum atomic E-state index is -0.142. The van der Waals surface area contributed by atoms with Crippen molar-refractivity contribution in [1.29, 1.82) is 0 Å². The predicted molar refractivity (Wildman–Crippen MR) is 106 cm³/mol. The van der Waals surface area contributed by atoms with Crippen molar-refractivity contribution in [1.82, 2.24) is 10.6 Å². The van der Waals surface area contributed by atoms with Crippen LogP contribution in [0.5, 0.6) is 5.75 Å². The molecule has 130 valence electrons. The number of carbonyl (C=O) groups is 1. The van der Waals surface area contributed by atoms with Crippen molar-refractivity contribution < 1.29 is 9.53 Å². The zero-order chi connectivity index (χ0) is 16.4. The number of nitrogens with zero attached hydrogens (tertiary/aromatic N) is 1. The number of carbonyl (C=O) groups excluding carboxylic acids is 1. The topological polar surface area (TPSA) is 74.8 Å². The van der Waals surface area contributed by atoms with E-state index < -0.39 is 0 Å². The van der Waals surface area contributed by atoms with Gasteiger partial charge >= 0.3 is 0 Å². The Kier molecular flexibility index (Phi) is 11.6. The van der Waals surface area contributed by atoms with E-state index in [1.807, 2.05) is 13.8 Å². The second-order valence-electron chi connectivity index (χ2n) is 4.43. The van der Waals surface area contributed by atoms with Gasteiger partial charge < -0.3 is 20.7 Å². The van der Waals surface area contributed by atoms with Crippen LogP contribution in [0.25, 0.3) is 0 Å². The fourth-order valence-electron chi connectivity index (χ4n) is 1.77. The summed E-state index contributed by atoms with van der Waals surface area (Å²) < 4.78 is 5.19. The van der Waals surface area contributed by atoms with Crippen molar-refractivity contribution in [3.05, 3.63) is 23.2 Å². The Hall–Kier alpha value is -1.22. The Morgan fingerprint density at radius 2 is 1.91 bits per heavy atom. The molecule has 0 spiro atoms. The van der Waals surface area contributed by atoms with E-state index in [1.165, 1.54) is 0 Å². The van der Waals surface area contributed by atoms with E-state index in [-0.39, 0.29) is 36.3 Å². The molecule has 0 aromatic heterocycles. The van der Waals surface area contributed by atoms with Crippen molar-refractivity contribution in [2.45, 2.75) is 20.3 Å². The molecule has 0 aliphatic rings. The molecule has 0 saturated heterocycles. The van der Waals surface area contributed by atoms with Gasteiger partial charge in [0, 0.05) is 24.5 Å². The average molecular weight is 455 g/mol. The first-order valence-electron chi connectivity index (χ1n) is 7.26. The molecule has 0 fully saturated rings. The van der Waals surface area contributed by atoms with Gasteiger partial charge in [0.25, 0.3) is 0 Å². The normalized spacial score (nSPS) is 9.39. The van der Waals surface area contributed by atoms with Gasteiger partial charge in [0.2, 0.25) is 5.91 Å². The third-order valence-electron chi connectivity index (χ3n) is 2.73.